The minimum atomic E-state index is -0.498. The van der Waals surface area contributed by atoms with E-state index in [2.05, 4.69) is 10.6 Å². The van der Waals surface area contributed by atoms with Gasteiger partial charge in [0.2, 0.25) is 0 Å². The van der Waals surface area contributed by atoms with Crippen LogP contribution in [0, 0.1) is 18.7 Å². The van der Waals surface area contributed by atoms with Gasteiger partial charge < -0.3 is 15.4 Å². The summed E-state index contributed by atoms with van der Waals surface area (Å²) in [5.74, 6) is 0.0530. The van der Waals surface area contributed by atoms with E-state index in [1.807, 2.05) is 33.8 Å². The van der Waals surface area contributed by atoms with Gasteiger partial charge in [-0.25, -0.2) is 9.18 Å². The number of hydrogen-bond donors (Lipinski definition) is 2. The van der Waals surface area contributed by atoms with Crippen LogP contribution in [0.15, 0.2) is 18.2 Å². The number of carbonyl (C=O) groups is 1. The van der Waals surface area contributed by atoms with Gasteiger partial charge in [0.15, 0.2) is 0 Å². The molecule has 0 bridgehead atoms. The fourth-order valence-corrected chi connectivity index (χ4v) is 3.00. The van der Waals surface area contributed by atoms with Crippen LogP contribution in [0.4, 0.5) is 14.9 Å². The van der Waals surface area contributed by atoms with Crippen molar-refractivity contribution in [2.24, 2.45) is 5.92 Å². The maximum absolute atomic E-state index is 14.0. The number of hydrogen-bond acceptors (Lipinski definition) is 3. The molecule has 2 atom stereocenters. The highest BCUT2D eigenvalue weighted by molar-refractivity contribution is 5.67. The predicted octanol–water partition coefficient (Wildman–Crippen LogP) is 4.24. The first-order valence-electron chi connectivity index (χ1n) is 8.25. The Morgan fingerprint density at radius 3 is 2.74 bits per heavy atom. The number of alkyl carbamates (subject to hydrolysis) is 1. The van der Waals surface area contributed by atoms with Crippen LogP contribution in [0.5, 0.6) is 0 Å². The lowest BCUT2D eigenvalue weighted by atomic mass is 10.0. The fraction of sp³-hybridized carbons (Fsp3) is 0.611. The zero-order valence-electron chi connectivity index (χ0n) is 14.4. The summed E-state index contributed by atoms with van der Waals surface area (Å²) in [6, 6.07) is 5.25. The fourth-order valence-electron chi connectivity index (χ4n) is 3.00. The van der Waals surface area contributed by atoms with Crippen molar-refractivity contribution in [1.29, 1.82) is 0 Å². The molecule has 0 radical (unpaired) electrons. The monoisotopic (exact) mass is 322 g/mol. The number of halogens is 1. The first-order chi connectivity index (χ1) is 10.8. The number of para-hydroxylation sites is 1. The number of benzene rings is 1. The van der Waals surface area contributed by atoms with Crippen LogP contribution < -0.4 is 10.6 Å². The third-order valence-electron chi connectivity index (χ3n) is 4.12. The molecule has 0 aliphatic heterocycles. The summed E-state index contributed by atoms with van der Waals surface area (Å²) in [4.78, 5) is 11.8. The van der Waals surface area contributed by atoms with Crippen molar-refractivity contribution < 1.29 is 13.9 Å². The highest BCUT2D eigenvalue weighted by Gasteiger charge is 2.29. The smallest absolute Gasteiger partial charge is 0.407 e. The first-order valence-corrected chi connectivity index (χ1v) is 8.25. The van der Waals surface area contributed by atoms with Gasteiger partial charge in [-0.15, -0.1) is 0 Å². The van der Waals surface area contributed by atoms with Crippen molar-refractivity contribution in [1.82, 2.24) is 5.32 Å². The number of aryl methyl sites for hydroxylation is 1. The molecular weight excluding hydrogens is 295 g/mol. The van der Waals surface area contributed by atoms with E-state index in [1.165, 1.54) is 6.07 Å². The van der Waals surface area contributed by atoms with E-state index >= 15 is 0 Å². The van der Waals surface area contributed by atoms with Crippen LogP contribution >= 0.6 is 0 Å². The maximum Gasteiger partial charge on any atom is 0.407 e. The number of rotatable bonds is 4. The lowest BCUT2D eigenvalue weighted by Crippen LogP contribution is -2.38. The summed E-state index contributed by atoms with van der Waals surface area (Å²) >= 11 is 0. The quantitative estimate of drug-likeness (QED) is 0.872. The van der Waals surface area contributed by atoms with E-state index in [9.17, 15) is 9.18 Å². The Morgan fingerprint density at radius 2 is 2.09 bits per heavy atom. The van der Waals surface area contributed by atoms with Crippen molar-refractivity contribution >= 4 is 11.8 Å². The second-order valence-corrected chi connectivity index (χ2v) is 7.26. The molecule has 2 rings (SSSR count). The minimum Gasteiger partial charge on any atom is -0.444 e. The lowest BCUT2D eigenvalue weighted by Gasteiger charge is -2.25. The molecule has 2 N–H and O–H groups in total. The molecule has 1 aliphatic rings. The Balaban J connectivity index is 1.92. The van der Waals surface area contributed by atoms with Gasteiger partial charge in [0.05, 0.1) is 5.69 Å². The second-order valence-electron chi connectivity index (χ2n) is 7.26. The number of carbonyl (C=O) groups excluding carboxylic acids is 1. The van der Waals surface area contributed by atoms with E-state index < -0.39 is 11.7 Å². The van der Waals surface area contributed by atoms with Crippen molar-refractivity contribution in [3.8, 4) is 0 Å². The normalized spacial score (nSPS) is 21.1. The molecule has 2 unspecified atom stereocenters. The third-order valence-corrected chi connectivity index (χ3v) is 4.12. The molecule has 5 heteroatoms. The summed E-state index contributed by atoms with van der Waals surface area (Å²) in [5.41, 5.74) is 0.972. The molecule has 1 aliphatic carbocycles. The topological polar surface area (TPSA) is 50.4 Å². The van der Waals surface area contributed by atoms with Crippen molar-refractivity contribution in [3.63, 3.8) is 0 Å². The number of nitrogens with one attached hydrogen (secondary N) is 2. The Labute approximate surface area is 137 Å². The molecule has 0 saturated heterocycles. The molecule has 1 saturated carbocycles. The van der Waals surface area contributed by atoms with Gasteiger partial charge in [-0.3, -0.25) is 0 Å². The van der Waals surface area contributed by atoms with Gasteiger partial charge in [-0.1, -0.05) is 18.6 Å². The second kappa shape index (κ2) is 7.20. The lowest BCUT2D eigenvalue weighted by molar-refractivity contribution is 0.0519. The molecule has 128 valence electrons. The summed E-state index contributed by atoms with van der Waals surface area (Å²) < 4.78 is 19.2. The van der Waals surface area contributed by atoms with Crippen molar-refractivity contribution in [3.05, 3.63) is 29.6 Å². The average molecular weight is 322 g/mol. The Bertz CT molecular complexity index is 534. The molecule has 1 aromatic rings. The van der Waals surface area contributed by atoms with E-state index in [0.29, 0.717) is 12.2 Å². The third kappa shape index (κ3) is 5.12. The van der Waals surface area contributed by atoms with Gasteiger partial charge in [-0.2, -0.15) is 0 Å². The summed E-state index contributed by atoms with van der Waals surface area (Å²) in [7, 11) is 0. The average Bonchev–Trinajstić information content (AvgIpc) is 2.86. The molecule has 1 aromatic carbocycles. The largest absolute Gasteiger partial charge is 0.444 e. The molecule has 0 spiro atoms. The zero-order chi connectivity index (χ0) is 17.0. The van der Waals surface area contributed by atoms with E-state index in [1.54, 1.807) is 6.07 Å². The zero-order valence-corrected chi connectivity index (χ0v) is 14.4. The summed E-state index contributed by atoms with van der Waals surface area (Å²) in [6.45, 7) is 7.96. The number of ether oxygens (including phenoxy) is 1. The highest BCUT2D eigenvalue weighted by atomic mass is 19.1. The Morgan fingerprint density at radius 1 is 1.35 bits per heavy atom. The minimum absolute atomic E-state index is 0.167. The Kier molecular flexibility index (Phi) is 5.50. The van der Waals surface area contributed by atoms with E-state index in [-0.39, 0.29) is 17.8 Å². The molecule has 0 heterocycles. The van der Waals surface area contributed by atoms with Gasteiger partial charge in [0, 0.05) is 12.6 Å². The molecule has 0 aromatic heterocycles. The predicted molar refractivity (Wildman–Crippen MR) is 90.1 cm³/mol. The molecular formula is C18H27FN2O2. The standard InChI is InChI=1S/C18H27FN2O2/c1-12-7-5-9-14(19)16(12)21-15-10-6-8-13(15)11-20-17(22)23-18(2,3)4/h5,7,9,13,15,21H,6,8,10-11H2,1-4H3,(H,20,22). The van der Waals surface area contributed by atoms with Crippen LogP contribution in [-0.4, -0.2) is 24.3 Å². The van der Waals surface area contributed by atoms with Gasteiger partial charge in [0.1, 0.15) is 11.4 Å². The maximum atomic E-state index is 14.0. The van der Waals surface area contributed by atoms with E-state index in [4.69, 9.17) is 4.74 Å². The number of anilines is 1. The van der Waals surface area contributed by atoms with Crippen LogP contribution in [0.25, 0.3) is 0 Å². The molecule has 1 amide bonds. The summed E-state index contributed by atoms with van der Waals surface area (Å²) in [6.07, 6.45) is 2.67. The summed E-state index contributed by atoms with van der Waals surface area (Å²) in [5, 5.41) is 6.16. The SMILES string of the molecule is Cc1cccc(F)c1NC1CCCC1CNC(=O)OC(C)(C)C. The molecule has 23 heavy (non-hydrogen) atoms. The van der Waals surface area contributed by atoms with Crippen molar-refractivity contribution in [2.45, 2.75) is 58.6 Å². The van der Waals surface area contributed by atoms with Crippen LogP contribution in [0.3, 0.4) is 0 Å². The van der Waals surface area contributed by atoms with E-state index in [0.717, 1.165) is 24.8 Å². The van der Waals surface area contributed by atoms with Gasteiger partial charge in [0.25, 0.3) is 0 Å². The number of amides is 1. The van der Waals surface area contributed by atoms with Crippen LogP contribution in [0.2, 0.25) is 0 Å². The van der Waals surface area contributed by atoms with Crippen molar-refractivity contribution in [2.75, 3.05) is 11.9 Å². The molecule has 4 nitrogen and oxygen atoms in total. The molecule has 1 fully saturated rings. The van der Waals surface area contributed by atoms with Crippen LogP contribution in [0.1, 0.15) is 45.6 Å². The van der Waals surface area contributed by atoms with Crippen LogP contribution in [-0.2, 0) is 4.74 Å². The highest BCUT2D eigenvalue weighted by Crippen LogP contribution is 2.30. The van der Waals surface area contributed by atoms with Gasteiger partial charge in [-0.05, 0) is 58.1 Å². The first kappa shape index (κ1) is 17.6. The van der Waals surface area contributed by atoms with Gasteiger partial charge >= 0.3 is 6.09 Å². The Hall–Kier alpha value is -1.78.